The molecule has 0 saturated heterocycles. The fraction of sp³-hybridized carbons (Fsp3) is 0.941. The highest BCUT2D eigenvalue weighted by Gasteiger charge is 2.36. The zero-order chi connectivity index (χ0) is 19.2. The van der Waals surface area contributed by atoms with Gasteiger partial charge >= 0.3 is 5.97 Å². The van der Waals surface area contributed by atoms with E-state index in [0.29, 0.717) is 52.9 Å². The van der Waals surface area contributed by atoms with E-state index in [2.05, 4.69) is 38.6 Å². The number of methoxy groups -OCH3 is 1. The summed E-state index contributed by atoms with van der Waals surface area (Å²) in [5.74, 6) is -0.391. The van der Waals surface area contributed by atoms with Crippen LogP contribution in [0.4, 0.5) is 0 Å². The zero-order valence-corrected chi connectivity index (χ0v) is 17.7. The minimum Gasteiger partial charge on any atom is -0.467 e. The van der Waals surface area contributed by atoms with Gasteiger partial charge in [0.05, 0.1) is 60.0 Å². The van der Waals surface area contributed by atoms with Gasteiger partial charge in [-0.2, -0.15) is 0 Å². The van der Waals surface area contributed by atoms with Gasteiger partial charge in [-0.25, -0.2) is 4.79 Å². The summed E-state index contributed by atoms with van der Waals surface area (Å²) in [4.78, 5) is 10.8. The first-order valence-electron chi connectivity index (χ1n) is 8.72. The number of ether oxygens (including phenoxy) is 5. The third-order valence-electron chi connectivity index (χ3n) is 4.06. The molecule has 0 aliphatic heterocycles. The third kappa shape index (κ3) is 13.4. The monoisotopic (exact) mass is 380 g/mol. The average Bonchev–Trinajstić information content (AvgIpc) is 2.53. The number of esters is 1. The molecule has 0 unspecified atom stereocenters. The molecular formula is C17H36O7Si. The summed E-state index contributed by atoms with van der Waals surface area (Å²) in [6.07, 6.45) is 0. The van der Waals surface area contributed by atoms with Gasteiger partial charge in [0.1, 0.15) is 6.61 Å². The molecule has 0 aromatic rings. The summed E-state index contributed by atoms with van der Waals surface area (Å²) >= 11 is 0. The van der Waals surface area contributed by atoms with Crippen LogP contribution in [0.1, 0.15) is 20.8 Å². The van der Waals surface area contributed by atoms with E-state index < -0.39 is 14.3 Å². The van der Waals surface area contributed by atoms with Crippen molar-refractivity contribution >= 4 is 14.3 Å². The predicted molar refractivity (Wildman–Crippen MR) is 98.4 cm³/mol. The highest BCUT2D eigenvalue weighted by molar-refractivity contribution is 6.74. The van der Waals surface area contributed by atoms with Crippen molar-refractivity contribution in [3.63, 3.8) is 0 Å². The smallest absolute Gasteiger partial charge is 0.331 e. The Bertz CT molecular complexity index is 342. The van der Waals surface area contributed by atoms with Crippen LogP contribution in [0.5, 0.6) is 0 Å². The van der Waals surface area contributed by atoms with E-state index in [-0.39, 0.29) is 11.6 Å². The van der Waals surface area contributed by atoms with Crippen LogP contribution < -0.4 is 0 Å². The van der Waals surface area contributed by atoms with Crippen molar-refractivity contribution in [1.29, 1.82) is 0 Å². The molecule has 0 N–H and O–H groups in total. The van der Waals surface area contributed by atoms with E-state index in [9.17, 15) is 4.79 Å². The summed E-state index contributed by atoms with van der Waals surface area (Å²) in [6, 6.07) is 0. The predicted octanol–water partition coefficient (Wildman–Crippen LogP) is 2.25. The quantitative estimate of drug-likeness (QED) is 0.245. The van der Waals surface area contributed by atoms with E-state index in [1.54, 1.807) is 0 Å². The Morgan fingerprint density at radius 2 is 1.16 bits per heavy atom. The molecule has 150 valence electrons. The summed E-state index contributed by atoms with van der Waals surface area (Å²) in [7, 11) is -0.353. The molecule has 0 aliphatic carbocycles. The number of carbonyl (C=O) groups is 1. The topological polar surface area (TPSA) is 72.5 Å². The highest BCUT2D eigenvalue weighted by Crippen LogP contribution is 2.36. The highest BCUT2D eigenvalue weighted by atomic mass is 28.4. The maximum atomic E-state index is 10.8. The summed E-state index contributed by atoms with van der Waals surface area (Å²) in [5.41, 5.74) is 0. The fourth-order valence-corrected chi connectivity index (χ4v) is 2.47. The van der Waals surface area contributed by atoms with Crippen LogP contribution >= 0.6 is 0 Å². The van der Waals surface area contributed by atoms with Crippen molar-refractivity contribution in [2.24, 2.45) is 0 Å². The first kappa shape index (κ1) is 24.5. The van der Waals surface area contributed by atoms with Gasteiger partial charge in [0.15, 0.2) is 8.32 Å². The normalized spacial score (nSPS) is 12.4. The summed E-state index contributed by atoms with van der Waals surface area (Å²) in [6.45, 7) is 15.1. The third-order valence-corrected chi connectivity index (χ3v) is 8.60. The van der Waals surface area contributed by atoms with E-state index in [4.69, 9.17) is 23.4 Å². The van der Waals surface area contributed by atoms with Crippen molar-refractivity contribution in [1.82, 2.24) is 0 Å². The lowest BCUT2D eigenvalue weighted by atomic mass is 10.2. The second-order valence-electron chi connectivity index (χ2n) is 7.07. The molecule has 0 spiro atoms. The van der Waals surface area contributed by atoms with Gasteiger partial charge in [0, 0.05) is 0 Å². The lowest BCUT2D eigenvalue weighted by molar-refractivity contribution is -0.146. The molecule has 0 aliphatic rings. The molecular weight excluding hydrogens is 344 g/mol. The molecule has 0 radical (unpaired) electrons. The lowest BCUT2D eigenvalue weighted by Gasteiger charge is -2.36. The molecule has 0 aromatic heterocycles. The second kappa shape index (κ2) is 13.7. The molecule has 0 saturated carbocycles. The van der Waals surface area contributed by atoms with Crippen molar-refractivity contribution in [2.75, 3.05) is 66.6 Å². The van der Waals surface area contributed by atoms with E-state index >= 15 is 0 Å². The standard InChI is InChI=1S/C17H36O7Si/c1-17(2,3)25(5,6)24-14-13-22-10-9-20-7-8-21-11-12-23-15-16(18)19-4/h7-15H2,1-6H3. The molecule has 0 fully saturated rings. The Balaban J connectivity index is 3.28. The van der Waals surface area contributed by atoms with Crippen LogP contribution in [0.25, 0.3) is 0 Å². The average molecular weight is 381 g/mol. The van der Waals surface area contributed by atoms with Crippen LogP contribution in [0, 0.1) is 0 Å². The van der Waals surface area contributed by atoms with Gasteiger partial charge in [-0.3, -0.25) is 0 Å². The molecule has 8 heteroatoms. The Labute approximate surface area is 153 Å². The van der Waals surface area contributed by atoms with Gasteiger partial charge in [-0.05, 0) is 18.1 Å². The number of hydrogen-bond donors (Lipinski definition) is 0. The van der Waals surface area contributed by atoms with Gasteiger partial charge in [-0.1, -0.05) is 20.8 Å². The second-order valence-corrected chi connectivity index (χ2v) is 11.9. The van der Waals surface area contributed by atoms with Gasteiger partial charge in [-0.15, -0.1) is 0 Å². The molecule has 25 heavy (non-hydrogen) atoms. The maximum Gasteiger partial charge on any atom is 0.331 e. The van der Waals surface area contributed by atoms with Gasteiger partial charge in [0.25, 0.3) is 0 Å². The Kier molecular flexibility index (Phi) is 13.4. The van der Waals surface area contributed by atoms with Gasteiger partial charge < -0.3 is 28.1 Å². The van der Waals surface area contributed by atoms with E-state index in [0.717, 1.165) is 0 Å². The van der Waals surface area contributed by atoms with Crippen molar-refractivity contribution < 1.29 is 32.9 Å². The molecule has 0 aromatic carbocycles. The molecule has 0 atom stereocenters. The Morgan fingerprint density at radius 1 is 0.760 bits per heavy atom. The van der Waals surface area contributed by atoms with Crippen LogP contribution in [-0.2, 0) is 32.9 Å². The van der Waals surface area contributed by atoms with Crippen LogP contribution in [0.15, 0.2) is 0 Å². The number of rotatable bonds is 15. The maximum absolute atomic E-state index is 10.8. The molecule has 0 amide bonds. The molecule has 0 bridgehead atoms. The number of carbonyl (C=O) groups excluding carboxylic acids is 1. The van der Waals surface area contributed by atoms with Crippen LogP contribution in [-0.4, -0.2) is 80.9 Å². The van der Waals surface area contributed by atoms with Crippen molar-refractivity contribution in [3.05, 3.63) is 0 Å². The number of hydrogen-bond acceptors (Lipinski definition) is 7. The zero-order valence-electron chi connectivity index (χ0n) is 16.7. The molecule has 7 nitrogen and oxygen atoms in total. The summed E-state index contributed by atoms with van der Waals surface area (Å²) in [5, 5.41) is 0.223. The minimum atomic E-state index is -1.68. The minimum absolute atomic E-state index is 0.0488. The van der Waals surface area contributed by atoms with Crippen LogP contribution in [0.3, 0.4) is 0 Å². The first-order valence-corrected chi connectivity index (χ1v) is 11.6. The lowest BCUT2D eigenvalue weighted by Crippen LogP contribution is -2.41. The Hall–Kier alpha value is -0.513. The molecule has 0 rings (SSSR count). The Morgan fingerprint density at radius 3 is 1.56 bits per heavy atom. The first-order chi connectivity index (χ1) is 11.7. The van der Waals surface area contributed by atoms with Crippen molar-refractivity contribution in [2.45, 2.75) is 38.9 Å². The molecule has 0 heterocycles. The largest absolute Gasteiger partial charge is 0.467 e. The van der Waals surface area contributed by atoms with E-state index in [1.807, 2.05) is 0 Å². The SMILES string of the molecule is COC(=O)COCCOCCOCCOCCO[Si](C)(C)C(C)(C)C. The van der Waals surface area contributed by atoms with Crippen LogP contribution in [0.2, 0.25) is 18.1 Å². The summed E-state index contributed by atoms with van der Waals surface area (Å²) < 4.78 is 31.7. The van der Waals surface area contributed by atoms with E-state index in [1.165, 1.54) is 7.11 Å². The van der Waals surface area contributed by atoms with Gasteiger partial charge in [0.2, 0.25) is 0 Å². The fourth-order valence-electron chi connectivity index (χ4n) is 1.45. The van der Waals surface area contributed by atoms with Crippen molar-refractivity contribution in [3.8, 4) is 0 Å².